The van der Waals surface area contributed by atoms with Crippen molar-refractivity contribution >= 4 is 21.9 Å². The fourth-order valence-electron chi connectivity index (χ4n) is 1.03. The van der Waals surface area contributed by atoms with E-state index in [-0.39, 0.29) is 21.6 Å². The van der Waals surface area contributed by atoms with E-state index in [0.717, 1.165) is 13.2 Å². The summed E-state index contributed by atoms with van der Waals surface area (Å²) in [4.78, 5) is 14.9. The van der Waals surface area contributed by atoms with Crippen LogP contribution in [0.25, 0.3) is 0 Å². The number of carbonyl (C=O) groups is 1. The number of nitrogens with zero attached hydrogens (tertiary/aromatic N) is 1. The van der Waals surface area contributed by atoms with Gasteiger partial charge in [0.25, 0.3) is 6.43 Å². The summed E-state index contributed by atoms with van der Waals surface area (Å²) in [7, 11) is 2.41. The van der Waals surface area contributed by atoms with Gasteiger partial charge in [0.05, 0.1) is 18.7 Å². The van der Waals surface area contributed by atoms with Gasteiger partial charge in [-0.2, -0.15) is 0 Å². The van der Waals surface area contributed by atoms with E-state index in [4.69, 9.17) is 4.74 Å². The lowest BCUT2D eigenvalue weighted by Crippen LogP contribution is -2.07. The van der Waals surface area contributed by atoms with E-state index in [1.807, 2.05) is 0 Å². The van der Waals surface area contributed by atoms with Crippen LogP contribution in [0, 0.1) is 0 Å². The average molecular weight is 296 g/mol. The van der Waals surface area contributed by atoms with E-state index in [1.54, 1.807) is 0 Å². The Labute approximate surface area is 98.7 Å². The molecule has 0 atom stereocenters. The van der Waals surface area contributed by atoms with Gasteiger partial charge in [-0.05, 0) is 22.0 Å². The molecule has 0 aliphatic carbocycles. The van der Waals surface area contributed by atoms with Crippen LogP contribution in [0.2, 0.25) is 0 Å². The highest BCUT2D eigenvalue weighted by molar-refractivity contribution is 9.10. The number of hydrogen-bond acceptors (Lipinski definition) is 4. The minimum atomic E-state index is -2.74. The van der Waals surface area contributed by atoms with Crippen LogP contribution in [0.5, 0.6) is 5.88 Å². The van der Waals surface area contributed by atoms with Crippen molar-refractivity contribution in [1.29, 1.82) is 0 Å². The molecule has 88 valence electrons. The first-order valence-electron chi connectivity index (χ1n) is 4.12. The molecule has 16 heavy (non-hydrogen) atoms. The molecule has 0 N–H and O–H groups in total. The summed E-state index contributed by atoms with van der Waals surface area (Å²) in [6, 6.07) is 0.961. The van der Waals surface area contributed by atoms with Gasteiger partial charge in [0.1, 0.15) is 0 Å². The Morgan fingerprint density at radius 3 is 2.56 bits per heavy atom. The fraction of sp³-hybridized carbons (Fsp3) is 0.333. The van der Waals surface area contributed by atoms with Crippen LogP contribution in [-0.4, -0.2) is 25.2 Å². The fourth-order valence-corrected chi connectivity index (χ4v) is 1.57. The molecule has 0 aliphatic rings. The standard InChI is InChI=1S/C9H8BrF2NO3/c1-15-8-6(10)4(7(11)12)3-5(13-8)9(14)16-2/h3,7H,1-2H3. The molecule has 0 spiro atoms. The molecule has 0 bridgehead atoms. The number of halogens is 3. The van der Waals surface area contributed by atoms with Gasteiger partial charge in [-0.1, -0.05) is 0 Å². The van der Waals surface area contributed by atoms with Gasteiger partial charge < -0.3 is 9.47 Å². The van der Waals surface area contributed by atoms with Gasteiger partial charge in [-0.15, -0.1) is 0 Å². The van der Waals surface area contributed by atoms with Crippen LogP contribution in [0.4, 0.5) is 8.78 Å². The number of ether oxygens (including phenoxy) is 2. The third-order valence-corrected chi connectivity index (χ3v) is 2.58. The highest BCUT2D eigenvalue weighted by Gasteiger charge is 2.21. The molecule has 0 saturated heterocycles. The molecule has 1 aromatic rings. The van der Waals surface area contributed by atoms with Crippen LogP contribution >= 0.6 is 15.9 Å². The third kappa shape index (κ3) is 2.46. The van der Waals surface area contributed by atoms with Gasteiger partial charge in [0, 0.05) is 5.56 Å². The largest absolute Gasteiger partial charge is 0.480 e. The molecule has 7 heteroatoms. The van der Waals surface area contributed by atoms with Crippen LogP contribution in [0.3, 0.4) is 0 Å². The van der Waals surface area contributed by atoms with E-state index in [0.29, 0.717) is 0 Å². The van der Waals surface area contributed by atoms with E-state index >= 15 is 0 Å². The summed E-state index contributed by atoms with van der Waals surface area (Å²) in [6.45, 7) is 0. The smallest absolute Gasteiger partial charge is 0.356 e. The van der Waals surface area contributed by atoms with Gasteiger partial charge in [0.15, 0.2) is 5.69 Å². The summed E-state index contributed by atoms with van der Waals surface area (Å²) < 4.78 is 34.4. The molecule has 0 radical (unpaired) electrons. The SMILES string of the molecule is COC(=O)c1cc(C(F)F)c(Br)c(OC)n1. The molecule has 0 saturated carbocycles. The molecule has 0 aliphatic heterocycles. The first kappa shape index (κ1) is 12.8. The van der Waals surface area contributed by atoms with Crippen molar-refractivity contribution in [1.82, 2.24) is 4.98 Å². The second kappa shape index (κ2) is 5.20. The molecule has 0 amide bonds. The predicted octanol–water partition coefficient (Wildman–Crippen LogP) is 2.58. The second-order valence-electron chi connectivity index (χ2n) is 2.71. The topological polar surface area (TPSA) is 48.4 Å². The van der Waals surface area contributed by atoms with Crippen LogP contribution in [0.1, 0.15) is 22.5 Å². The van der Waals surface area contributed by atoms with E-state index in [9.17, 15) is 13.6 Å². The van der Waals surface area contributed by atoms with Crippen molar-refractivity contribution in [3.63, 3.8) is 0 Å². The van der Waals surface area contributed by atoms with Crippen molar-refractivity contribution in [2.75, 3.05) is 14.2 Å². The van der Waals surface area contributed by atoms with Gasteiger partial charge >= 0.3 is 5.97 Å². The number of rotatable bonds is 3. The van der Waals surface area contributed by atoms with Crippen LogP contribution < -0.4 is 4.74 Å². The van der Waals surface area contributed by atoms with Crippen molar-refractivity contribution in [2.24, 2.45) is 0 Å². The summed E-state index contributed by atoms with van der Waals surface area (Å²) in [5, 5.41) is 0. The number of esters is 1. The molecular formula is C9H8BrF2NO3. The Hall–Kier alpha value is -1.24. The quantitative estimate of drug-likeness (QED) is 0.804. The summed E-state index contributed by atoms with van der Waals surface area (Å²) in [5.74, 6) is -0.883. The third-order valence-electron chi connectivity index (χ3n) is 1.78. The van der Waals surface area contributed by atoms with Crippen molar-refractivity contribution in [3.05, 3.63) is 21.8 Å². The lowest BCUT2D eigenvalue weighted by atomic mass is 10.2. The zero-order valence-corrected chi connectivity index (χ0v) is 10.0. The van der Waals surface area contributed by atoms with E-state index < -0.39 is 12.4 Å². The summed E-state index contributed by atoms with van der Waals surface area (Å²) in [6.07, 6.45) is -2.74. The monoisotopic (exact) mass is 295 g/mol. The van der Waals surface area contributed by atoms with Gasteiger partial charge in [0.2, 0.25) is 5.88 Å². The molecule has 0 aromatic carbocycles. The predicted molar refractivity (Wildman–Crippen MR) is 54.8 cm³/mol. The number of methoxy groups -OCH3 is 2. The minimum Gasteiger partial charge on any atom is -0.480 e. The molecule has 1 aromatic heterocycles. The van der Waals surface area contributed by atoms with Crippen LogP contribution in [-0.2, 0) is 4.74 Å². The van der Waals surface area contributed by atoms with Crippen molar-refractivity contribution in [2.45, 2.75) is 6.43 Å². The first-order valence-corrected chi connectivity index (χ1v) is 4.91. The van der Waals surface area contributed by atoms with Crippen LogP contribution in [0.15, 0.2) is 10.5 Å². The molecule has 4 nitrogen and oxygen atoms in total. The molecular weight excluding hydrogens is 288 g/mol. The Bertz CT molecular complexity index is 412. The van der Waals surface area contributed by atoms with Crippen molar-refractivity contribution in [3.8, 4) is 5.88 Å². The molecule has 0 unspecified atom stereocenters. The van der Waals surface area contributed by atoms with Gasteiger partial charge in [-0.3, -0.25) is 0 Å². The lowest BCUT2D eigenvalue weighted by molar-refractivity contribution is 0.0592. The Morgan fingerprint density at radius 1 is 1.50 bits per heavy atom. The number of alkyl halides is 2. The average Bonchev–Trinajstić information content (AvgIpc) is 2.27. The van der Waals surface area contributed by atoms with E-state index in [2.05, 4.69) is 25.7 Å². The molecule has 1 heterocycles. The zero-order valence-electron chi connectivity index (χ0n) is 8.46. The summed E-state index contributed by atoms with van der Waals surface area (Å²) in [5.41, 5.74) is -0.592. The number of aromatic nitrogens is 1. The number of pyridine rings is 1. The number of hydrogen-bond donors (Lipinski definition) is 0. The maximum absolute atomic E-state index is 12.6. The lowest BCUT2D eigenvalue weighted by Gasteiger charge is -2.09. The Kier molecular flexibility index (Phi) is 4.17. The first-order chi connectivity index (χ1) is 7.51. The maximum atomic E-state index is 12.6. The Balaban J connectivity index is 3.34. The van der Waals surface area contributed by atoms with Gasteiger partial charge in [-0.25, -0.2) is 18.6 Å². The second-order valence-corrected chi connectivity index (χ2v) is 3.51. The highest BCUT2D eigenvalue weighted by Crippen LogP contribution is 2.33. The summed E-state index contributed by atoms with van der Waals surface area (Å²) >= 11 is 2.93. The minimum absolute atomic E-state index is 0.0256. The highest BCUT2D eigenvalue weighted by atomic mass is 79.9. The normalized spacial score (nSPS) is 10.4. The van der Waals surface area contributed by atoms with E-state index in [1.165, 1.54) is 7.11 Å². The Morgan fingerprint density at radius 2 is 2.12 bits per heavy atom. The van der Waals surface area contributed by atoms with Crippen molar-refractivity contribution < 1.29 is 23.0 Å². The molecule has 1 rings (SSSR count). The zero-order chi connectivity index (χ0) is 12.3. The molecule has 0 fully saturated rings. The maximum Gasteiger partial charge on any atom is 0.356 e. The number of carbonyl (C=O) groups excluding carboxylic acids is 1.